The highest BCUT2D eigenvalue weighted by Gasteiger charge is 2.23. The molecular weight excluding hydrogens is 348 g/mol. The van der Waals surface area contributed by atoms with Gasteiger partial charge in [-0.15, -0.1) is 0 Å². The zero-order chi connectivity index (χ0) is 18.8. The molecule has 142 valence electrons. The number of anilines is 1. The normalized spacial score (nSPS) is 17.3. The van der Waals surface area contributed by atoms with Crippen molar-refractivity contribution in [3.05, 3.63) is 18.0 Å². The summed E-state index contributed by atoms with van der Waals surface area (Å²) >= 11 is 0. The average Bonchev–Trinajstić information content (AvgIpc) is 3.29. The van der Waals surface area contributed by atoms with Crippen molar-refractivity contribution >= 4 is 22.8 Å². The highest BCUT2D eigenvalue weighted by Crippen LogP contribution is 2.28. The van der Waals surface area contributed by atoms with Gasteiger partial charge in [-0.25, -0.2) is 9.61 Å². The number of aromatic nitrogens is 5. The SMILES string of the molecule is CCn1c(-c2nonc2N)nc2cncc(C(=O)NCC3CCCCN3)c21. The third kappa shape index (κ3) is 3.23. The minimum atomic E-state index is -0.173. The van der Waals surface area contributed by atoms with E-state index in [4.69, 9.17) is 10.4 Å². The van der Waals surface area contributed by atoms with Gasteiger partial charge in [-0.2, -0.15) is 0 Å². The van der Waals surface area contributed by atoms with Gasteiger partial charge in [0.1, 0.15) is 5.52 Å². The van der Waals surface area contributed by atoms with Gasteiger partial charge in [0.05, 0.1) is 17.3 Å². The molecule has 4 rings (SSSR count). The summed E-state index contributed by atoms with van der Waals surface area (Å²) in [5, 5.41) is 13.9. The summed E-state index contributed by atoms with van der Waals surface area (Å²) in [5.74, 6) is 0.484. The zero-order valence-electron chi connectivity index (χ0n) is 15.1. The summed E-state index contributed by atoms with van der Waals surface area (Å²) in [6.07, 6.45) is 6.62. The summed E-state index contributed by atoms with van der Waals surface area (Å²) in [6.45, 7) is 4.12. The van der Waals surface area contributed by atoms with Crippen LogP contribution in [0.1, 0.15) is 36.5 Å². The molecule has 1 atom stereocenters. The van der Waals surface area contributed by atoms with Gasteiger partial charge in [0.25, 0.3) is 5.91 Å². The summed E-state index contributed by atoms with van der Waals surface area (Å²) in [5.41, 5.74) is 7.94. The Labute approximate surface area is 155 Å². The number of carbonyl (C=O) groups excluding carboxylic acids is 1. The van der Waals surface area contributed by atoms with Gasteiger partial charge in [0, 0.05) is 25.3 Å². The first-order chi connectivity index (χ1) is 13.2. The number of hydrogen-bond donors (Lipinski definition) is 3. The van der Waals surface area contributed by atoms with Crippen molar-refractivity contribution in [3.63, 3.8) is 0 Å². The number of amides is 1. The molecule has 1 fully saturated rings. The molecular formula is C17H22N8O2. The molecule has 1 amide bonds. The first kappa shape index (κ1) is 17.4. The first-order valence-electron chi connectivity index (χ1n) is 9.13. The van der Waals surface area contributed by atoms with E-state index in [0.717, 1.165) is 13.0 Å². The molecule has 27 heavy (non-hydrogen) atoms. The Hall–Kier alpha value is -3.01. The van der Waals surface area contributed by atoms with Crippen molar-refractivity contribution in [2.75, 3.05) is 18.8 Å². The van der Waals surface area contributed by atoms with E-state index in [2.05, 4.69) is 30.9 Å². The number of rotatable bonds is 5. The van der Waals surface area contributed by atoms with Crippen LogP contribution < -0.4 is 16.4 Å². The van der Waals surface area contributed by atoms with Crippen LogP contribution in [0, 0.1) is 0 Å². The van der Waals surface area contributed by atoms with E-state index in [9.17, 15) is 4.79 Å². The molecule has 0 spiro atoms. The van der Waals surface area contributed by atoms with Crippen LogP contribution in [0.15, 0.2) is 17.0 Å². The van der Waals surface area contributed by atoms with Crippen molar-refractivity contribution in [2.45, 2.75) is 38.8 Å². The van der Waals surface area contributed by atoms with E-state index in [-0.39, 0.29) is 11.7 Å². The maximum absolute atomic E-state index is 12.8. The average molecular weight is 370 g/mol. The lowest BCUT2D eigenvalue weighted by atomic mass is 10.1. The second-order valence-corrected chi connectivity index (χ2v) is 6.59. The minimum Gasteiger partial charge on any atom is -0.379 e. The van der Waals surface area contributed by atoms with Crippen molar-refractivity contribution < 1.29 is 9.42 Å². The maximum Gasteiger partial charge on any atom is 0.255 e. The molecule has 1 aliphatic rings. The van der Waals surface area contributed by atoms with E-state index in [1.54, 1.807) is 12.4 Å². The third-order valence-corrected chi connectivity index (χ3v) is 4.86. The van der Waals surface area contributed by atoms with Crippen molar-refractivity contribution in [1.82, 2.24) is 35.5 Å². The highest BCUT2D eigenvalue weighted by molar-refractivity contribution is 6.05. The molecule has 4 heterocycles. The topological polar surface area (TPSA) is 137 Å². The number of imidazole rings is 1. The molecule has 1 aliphatic heterocycles. The number of pyridine rings is 1. The number of carbonyl (C=O) groups is 1. The monoisotopic (exact) mass is 370 g/mol. The molecule has 1 saturated heterocycles. The Bertz CT molecular complexity index is 957. The van der Waals surface area contributed by atoms with Gasteiger partial charge < -0.3 is 20.9 Å². The molecule has 3 aromatic heterocycles. The fraction of sp³-hybridized carbons (Fsp3) is 0.471. The number of hydrogen-bond acceptors (Lipinski definition) is 8. The van der Waals surface area contributed by atoms with Crippen molar-refractivity contribution in [2.24, 2.45) is 0 Å². The lowest BCUT2D eigenvalue weighted by Gasteiger charge is -2.23. The molecule has 0 aromatic carbocycles. The van der Waals surface area contributed by atoms with Gasteiger partial charge in [-0.3, -0.25) is 9.78 Å². The molecule has 10 nitrogen and oxygen atoms in total. The first-order valence-corrected chi connectivity index (χ1v) is 9.13. The Morgan fingerprint density at radius 3 is 3.00 bits per heavy atom. The second kappa shape index (κ2) is 7.31. The van der Waals surface area contributed by atoms with Crippen LogP contribution in [0.25, 0.3) is 22.6 Å². The van der Waals surface area contributed by atoms with Gasteiger partial charge in [-0.05, 0) is 36.6 Å². The summed E-state index contributed by atoms with van der Waals surface area (Å²) in [6, 6.07) is 0.308. The van der Waals surface area contributed by atoms with Crippen LogP contribution in [0.5, 0.6) is 0 Å². The van der Waals surface area contributed by atoms with Gasteiger partial charge in [-0.1, -0.05) is 6.42 Å². The van der Waals surface area contributed by atoms with Crippen LogP contribution in [0.4, 0.5) is 5.82 Å². The quantitative estimate of drug-likeness (QED) is 0.604. The minimum absolute atomic E-state index is 0.155. The van der Waals surface area contributed by atoms with Gasteiger partial charge in [0.2, 0.25) is 0 Å². The Balaban J connectivity index is 1.67. The molecule has 0 radical (unpaired) electrons. The van der Waals surface area contributed by atoms with E-state index < -0.39 is 0 Å². The summed E-state index contributed by atoms with van der Waals surface area (Å²) in [4.78, 5) is 21.6. The largest absolute Gasteiger partial charge is 0.379 e. The van der Waals surface area contributed by atoms with Gasteiger partial charge in [0.15, 0.2) is 17.3 Å². The fourth-order valence-corrected chi connectivity index (χ4v) is 3.50. The summed E-state index contributed by atoms with van der Waals surface area (Å²) in [7, 11) is 0. The zero-order valence-corrected chi connectivity index (χ0v) is 15.1. The van der Waals surface area contributed by atoms with Crippen molar-refractivity contribution in [3.8, 4) is 11.5 Å². The molecule has 0 aliphatic carbocycles. The van der Waals surface area contributed by atoms with Crippen LogP contribution >= 0.6 is 0 Å². The standard InChI is InChI=1S/C17H22N8O2/c1-2-25-14-11(17(26)21-7-10-5-3-4-6-20-10)8-19-9-12(14)22-16(25)13-15(18)24-27-23-13/h8-10,20H,2-7H2,1H3,(H2,18,24)(H,21,26). The third-order valence-electron chi connectivity index (χ3n) is 4.86. The Kier molecular flexibility index (Phi) is 4.71. The van der Waals surface area contributed by atoms with E-state index in [1.807, 2.05) is 11.5 Å². The Morgan fingerprint density at radius 2 is 2.30 bits per heavy atom. The van der Waals surface area contributed by atoms with Gasteiger partial charge >= 0.3 is 0 Å². The van der Waals surface area contributed by atoms with E-state index in [0.29, 0.717) is 47.2 Å². The molecule has 4 N–H and O–H groups in total. The number of fused-ring (bicyclic) bond motifs is 1. The van der Waals surface area contributed by atoms with Crippen LogP contribution in [0.2, 0.25) is 0 Å². The van der Waals surface area contributed by atoms with E-state index >= 15 is 0 Å². The number of nitrogens with one attached hydrogen (secondary N) is 2. The Morgan fingerprint density at radius 1 is 1.41 bits per heavy atom. The lowest BCUT2D eigenvalue weighted by Crippen LogP contribution is -2.43. The smallest absolute Gasteiger partial charge is 0.255 e. The fourth-order valence-electron chi connectivity index (χ4n) is 3.50. The molecule has 3 aromatic rings. The number of aryl methyl sites for hydroxylation is 1. The lowest BCUT2D eigenvalue weighted by molar-refractivity contribution is 0.0948. The molecule has 10 heteroatoms. The second-order valence-electron chi connectivity index (χ2n) is 6.59. The predicted molar refractivity (Wildman–Crippen MR) is 98.9 cm³/mol. The number of nitrogens with zero attached hydrogens (tertiary/aromatic N) is 5. The molecule has 0 saturated carbocycles. The molecule has 1 unspecified atom stereocenters. The predicted octanol–water partition coefficient (Wildman–Crippen LogP) is 0.955. The number of piperidine rings is 1. The highest BCUT2D eigenvalue weighted by atomic mass is 16.6. The number of nitrogens with two attached hydrogens (primary N) is 1. The molecule has 0 bridgehead atoms. The van der Waals surface area contributed by atoms with E-state index in [1.165, 1.54) is 12.8 Å². The number of nitrogen functional groups attached to an aromatic ring is 1. The van der Waals surface area contributed by atoms with Crippen LogP contribution in [-0.2, 0) is 6.54 Å². The maximum atomic E-state index is 12.8. The summed E-state index contributed by atoms with van der Waals surface area (Å²) < 4.78 is 6.57. The van der Waals surface area contributed by atoms with Crippen molar-refractivity contribution in [1.29, 1.82) is 0 Å². The van der Waals surface area contributed by atoms with Crippen LogP contribution in [-0.4, -0.2) is 49.9 Å². The van der Waals surface area contributed by atoms with Crippen LogP contribution in [0.3, 0.4) is 0 Å².